The second-order valence-corrected chi connectivity index (χ2v) is 5.24. The van der Waals surface area contributed by atoms with Crippen LogP contribution in [0.2, 0.25) is 0 Å². The Morgan fingerprint density at radius 1 is 1.29 bits per heavy atom. The molecule has 1 aromatic heterocycles. The second kappa shape index (κ2) is 6.86. The highest BCUT2D eigenvalue weighted by atomic mass is 32.2. The first-order valence-electron chi connectivity index (χ1n) is 6.12. The van der Waals surface area contributed by atoms with Crippen molar-refractivity contribution in [2.75, 3.05) is 5.75 Å². The van der Waals surface area contributed by atoms with Crippen LogP contribution in [0.15, 0.2) is 41.4 Å². The molecule has 0 saturated heterocycles. The molecule has 21 heavy (non-hydrogen) atoms. The summed E-state index contributed by atoms with van der Waals surface area (Å²) >= 11 is 1.22. The molecule has 0 saturated carbocycles. The summed E-state index contributed by atoms with van der Waals surface area (Å²) in [6.45, 7) is 0. The van der Waals surface area contributed by atoms with Crippen molar-refractivity contribution in [2.24, 2.45) is 0 Å². The molecule has 0 unspecified atom stereocenters. The molecule has 2 aromatic rings. The zero-order valence-electron chi connectivity index (χ0n) is 10.9. The van der Waals surface area contributed by atoms with Crippen molar-refractivity contribution in [3.63, 3.8) is 0 Å². The van der Waals surface area contributed by atoms with Gasteiger partial charge in [-0.05, 0) is 36.4 Å². The summed E-state index contributed by atoms with van der Waals surface area (Å²) in [6.07, 6.45) is -0.00199. The molecule has 1 N–H and O–H groups in total. The van der Waals surface area contributed by atoms with Gasteiger partial charge in [0.25, 0.3) is 0 Å². The minimum Gasteiger partial charge on any atom is -0.481 e. The van der Waals surface area contributed by atoms with Crippen molar-refractivity contribution in [2.45, 2.75) is 11.4 Å². The molecule has 0 spiro atoms. The monoisotopic (exact) mass is 302 g/mol. The largest absolute Gasteiger partial charge is 0.481 e. The van der Waals surface area contributed by atoms with E-state index in [0.29, 0.717) is 22.0 Å². The van der Waals surface area contributed by atoms with Crippen molar-refractivity contribution in [3.8, 4) is 17.3 Å². The molecular weight excluding hydrogens is 291 g/mol. The highest BCUT2D eigenvalue weighted by Crippen LogP contribution is 2.25. The third-order valence-corrected chi connectivity index (χ3v) is 3.67. The van der Waals surface area contributed by atoms with E-state index in [1.807, 2.05) is 6.07 Å². The molecule has 0 radical (unpaired) electrons. The molecule has 0 atom stereocenters. The first-order valence-corrected chi connectivity index (χ1v) is 7.10. The molecular formula is C15H11FN2O2S. The Morgan fingerprint density at radius 2 is 2.00 bits per heavy atom. The molecule has 106 valence electrons. The molecule has 0 aliphatic carbocycles. The summed E-state index contributed by atoms with van der Waals surface area (Å²) in [5.74, 6) is -0.886. The highest BCUT2D eigenvalue weighted by Gasteiger charge is 2.09. The molecule has 4 nitrogen and oxygen atoms in total. The van der Waals surface area contributed by atoms with E-state index >= 15 is 0 Å². The van der Waals surface area contributed by atoms with Crippen LogP contribution >= 0.6 is 11.8 Å². The lowest BCUT2D eigenvalue weighted by Crippen LogP contribution is -1.97. The van der Waals surface area contributed by atoms with Crippen molar-refractivity contribution in [1.82, 2.24) is 4.98 Å². The van der Waals surface area contributed by atoms with Crippen molar-refractivity contribution >= 4 is 17.7 Å². The highest BCUT2D eigenvalue weighted by molar-refractivity contribution is 7.99. The SMILES string of the molecule is N#Cc1ccc(-c2ccc(F)cc2)nc1SCCC(=O)O. The first-order chi connectivity index (χ1) is 10.1. The lowest BCUT2D eigenvalue weighted by Gasteiger charge is -2.06. The maximum Gasteiger partial charge on any atom is 0.304 e. The zero-order valence-corrected chi connectivity index (χ0v) is 11.7. The van der Waals surface area contributed by atoms with Crippen LogP contribution in [0.25, 0.3) is 11.3 Å². The lowest BCUT2D eigenvalue weighted by molar-refractivity contribution is -0.136. The predicted molar refractivity (Wildman–Crippen MR) is 77.3 cm³/mol. The normalized spacial score (nSPS) is 10.1. The summed E-state index contributed by atoms with van der Waals surface area (Å²) in [6, 6.07) is 11.2. The van der Waals surface area contributed by atoms with Gasteiger partial charge in [0.1, 0.15) is 16.9 Å². The smallest absolute Gasteiger partial charge is 0.304 e. The zero-order chi connectivity index (χ0) is 15.2. The number of thioether (sulfide) groups is 1. The molecule has 1 aromatic carbocycles. The van der Waals surface area contributed by atoms with Gasteiger partial charge in [0, 0.05) is 11.3 Å². The van der Waals surface area contributed by atoms with Crippen LogP contribution in [0.3, 0.4) is 0 Å². The first kappa shape index (κ1) is 15.0. The number of benzene rings is 1. The van der Waals surface area contributed by atoms with Crippen LogP contribution in [-0.4, -0.2) is 21.8 Å². The molecule has 0 aliphatic rings. The Labute approximate surface area is 125 Å². The minimum atomic E-state index is -0.893. The number of nitrogens with zero attached hydrogens (tertiary/aromatic N) is 2. The standard InChI is InChI=1S/C15H11FN2O2S/c16-12-4-1-10(2-5-12)13-6-3-11(9-17)15(18-13)21-8-7-14(19)20/h1-6H,7-8H2,(H,19,20). The fourth-order valence-corrected chi connectivity index (χ4v) is 2.55. The molecule has 0 amide bonds. The van der Waals surface area contributed by atoms with Crippen LogP contribution in [0.4, 0.5) is 4.39 Å². The number of pyridine rings is 1. The van der Waals surface area contributed by atoms with Gasteiger partial charge in [-0.1, -0.05) is 0 Å². The molecule has 2 rings (SSSR count). The number of nitriles is 1. The van der Waals surface area contributed by atoms with Gasteiger partial charge < -0.3 is 5.11 Å². The van der Waals surface area contributed by atoms with Crippen LogP contribution in [0.1, 0.15) is 12.0 Å². The lowest BCUT2D eigenvalue weighted by atomic mass is 10.1. The number of hydrogen-bond acceptors (Lipinski definition) is 4. The summed E-state index contributed by atoms with van der Waals surface area (Å²) < 4.78 is 12.9. The van der Waals surface area contributed by atoms with E-state index in [1.165, 1.54) is 23.9 Å². The van der Waals surface area contributed by atoms with Crippen LogP contribution < -0.4 is 0 Å². The summed E-state index contributed by atoms with van der Waals surface area (Å²) in [4.78, 5) is 14.9. The van der Waals surface area contributed by atoms with Crippen LogP contribution in [0, 0.1) is 17.1 Å². The number of carbonyl (C=O) groups is 1. The van der Waals surface area contributed by atoms with Crippen LogP contribution in [0.5, 0.6) is 0 Å². The third-order valence-electron chi connectivity index (χ3n) is 2.68. The predicted octanol–water partition coefficient (Wildman–Crippen LogP) is 3.33. The van der Waals surface area contributed by atoms with Gasteiger partial charge in [-0.15, -0.1) is 11.8 Å². The number of aromatic nitrogens is 1. The number of hydrogen-bond donors (Lipinski definition) is 1. The Kier molecular flexibility index (Phi) is 4.90. The van der Waals surface area contributed by atoms with Gasteiger partial charge in [0.15, 0.2) is 0 Å². The maximum absolute atomic E-state index is 12.9. The van der Waals surface area contributed by atoms with Crippen molar-refractivity contribution < 1.29 is 14.3 Å². The van der Waals surface area contributed by atoms with Gasteiger partial charge in [-0.2, -0.15) is 5.26 Å². The molecule has 6 heteroatoms. The Balaban J connectivity index is 2.26. The Hall–Kier alpha value is -2.39. The quantitative estimate of drug-likeness (QED) is 0.858. The molecule has 0 aliphatic heterocycles. The fourth-order valence-electron chi connectivity index (χ4n) is 1.65. The summed E-state index contributed by atoms with van der Waals surface area (Å²) in [7, 11) is 0. The number of carboxylic acid groups (broad SMARTS) is 1. The van der Waals surface area contributed by atoms with E-state index in [-0.39, 0.29) is 12.2 Å². The average molecular weight is 302 g/mol. The number of rotatable bonds is 5. The number of halogens is 1. The number of aliphatic carboxylic acids is 1. The number of carboxylic acids is 1. The molecule has 1 heterocycles. The van der Waals surface area contributed by atoms with Gasteiger partial charge in [0.2, 0.25) is 0 Å². The second-order valence-electron chi connectivity index (χ2n) is 4.16. The Morgan fingerprint density at radius 3 is 2.62 bits per heavy atom. The molecule has 0 fully saturated rings. The van der Waals surface area contributed by atoms with Gasteiger partial charge in [0.05, 0.1) is 17.7 Å². The van der Waals surface area contributed by atoms with Crippen molar-refractivity contribution in [1.29, 1.82) is 5.26 Å². The van der Waals surface area contributed by atoms with Crippen LogP contribution in [-0.2, 0) is 4.79 Å². The summed E-state index contributed by atoms with van der Waals surface area (Å²) in [5.41, 5.74) is 1.75. The van der Waals surface area contributed by atoms with E-state index in [0.717, 1.165) is 5.56 Å². The van der Waals surface area contributed by atoms with E-state index in [1.54, 1.807) is 24.3 Å². The minimum absolute atomic E-state index is 0.00199. The molecule has 0 bridgehead atoms. The van der Waals surface area contributed by atoms with Gasteiger partial charge in [-0.25, -0.2) is 9.37 Å². The van der Waals surface area contributed by atoms with E-state index in [9.17, 15) is 9.18 Å². The third kappa shape index (κ3) is 4.04. The van der Waals surface area contributed by atoms with E-state index < -0.39 is 5.97 Å². The summed E-state index contributed by atoms with van der Waals surface area (Å²) in [5, 5.41) is 18.2. The van der Waals surface area contributed by atoms with Gasteiger partial charge in [-0.3, -0.25) is 4.79 Å². The van der Waals surface area contributed by atoms with Gasteiger partial charge >= 0.3 is 5.97 Å². The van der Waals surface area contributed by atoms with E-state index in [2.05, 4.69) is 4.98 Å². The average Bonchev–Trinajstić information content (AvgIpc) is 2.47. The maximum atomic E-state index is 12.9. The van der Waals surface area contributed by atoms with Crippen molar-refractivity contribution in [3.05, 3.63) is 47.8 Å². The van der Waals surface area contributed by atoms with E-state index in [4.69, 9.17) is 10.4 Å². The Bertz CT molecular complexity index is 696. The topological polar surface area (TPSA) is 74.0 Å². The fraction of sp³-hybridized carbons (Fsp3) is 0.133.